The number of esters is 2. The molecule has 1 saturated carbocycles. The van der Waals surface area contributed by atoms with Gasteiger partial charge in [0.25, 0.3) is 0 Å². The second-order valence-corrected chi connectivity index (χ2v) is 6.88. The van der Waals surface area contributed by atoms with E-state index in [4.69, 9.17) is 9.47 Å². The number of benzene rings is 1. The van der Waals surface area contributed by atoms with E-state index in [0.29, 0.717) is 24.7 Å². The number of hydrogen-bond acceptors (Lipinski definition) is 4. The van der Waals surface area contributed by atoms with Crippen LogP contribution in [0.1, 0.15) is 51.4 Å². The Balaban J connectivity index is 1.57. The van der Waals surface area contributed by atoms with E-state index in [1.807, 2.05) is 12.1 Å². The standard InChI is InChI=1S/C18H23BrO4/c19-15-9-11-16(12-10-15)23-18(21)8-4-7-17(20)22-13-14-5-2-1-3-6-14/h9-12,14H,1-8,13H2. The van der Waals surface area contributed by atoms with Crippen LogP contribution in [0, 0.1) is 5.92 Å². The topological polar surface area (TPSA) is 52.6 Å². The molecule has 0 aromatic heterocycles. The Morgan fingerprint density at radius 2 is 1.65 bits per heavy atom. The summed E-state index contributed by atoms with van der Waals surface area (Å²) < 4.78 is 11.4. The number of ether oxygens (including phenoxy) is 2. The first-order valence-electron chi connectivity index (χ1n) is 8.25. The van der Waals surface area contributed by atoms with E-state index in [-0.39, 0.29) is 24.8 Å². The molecule has 0 N–H and O–H groups in total. The quantitative estimate of drug-likeness (QED) is 0.508. The van der Waals surface area contributed by atoms with Gasteiger partial charge in [0.05, 0.1) is 6.61 Å². The maximum Gasteiger partial charge on any atom is 0.311 e. The fourth-order valence-electron chi connectivity index (χ4n) is 2.70. The lowest BCUT2D eigenvalue weighted by molar-refractivity contribution is -0.145. The lowest BCUT2D eigenvalue weighted by Crippen LogP contribution is -2.17. The third-order valence-corrected chi connectivity index (χ3v) is 4.54. The molecule has 0 bridgehead atoms. The van der Waals surface area contributed by atoms with Crippen molar-refractivity contribution in [2.24, 2.45) is 5.92 Å². The van der Waals surface area contributed by atoms with Crippen LogP contribution in [0.3, 0.4) is 0 Å². The molecule has 5 heteroatoms. The van der Waals surface area contributed by atoms with Gasteiger partial charge in [-0.05, 0) is 49.4 Å². The summed E-state index contributed by atoms with van der Waals surface area (Å²) in [6, 6.07) is 7.07. The van der Waals surface area contributed by atoms with Crippen LogP contribution in [-0.2, 0) is 14.3 Å². The molecular formula is C18H23BrO4. The van der Waals surface area contributed by atoms with Crippen LogP contribution in [0.2, 0.25) is 0 Å². The summed E-state index contributed by atoms with van der Waals surface area (Å²) in [5.41, 5.74) is 0. The van der Waals surface area contributed by atoms with E-state index in [1.165, 1.54) is 19.3 Å². The van der Waals surface area contributed by atoms with Crippen molar-refractivity contribution < 1.29 is 19.1 Å². The summed E-state index contributed by atoms with van der Waals surface area (Å²) in [6.07, 6.45) is 7.04. The molecule has 1 fully saturated rings. The zero-order valence-electron chi connectivity index (χ0n) is 13.3. The maximum absolute atomic E-state index is 11.7. The molecule has 0 saturated heterocycles. The predicted molar refractivity (Wildman–Crippen MR) is 91.2 cm³/mol. The van der Waals surface area contributed by atoms with Crippen LogP contribution >= 0.6 is 15.9 Å². The normalized spacial score (nSPS) is 15.2. The molecule has 0 heterocycles. The summed E-state index contributed by atoms with van der Waals surface area (Å²) >= 11 is 3.32. The molecular weight excluding hydrogens is 360 g/mol. The highest BCUT2D eigenvalue weighted by Gasteiger charge is 2.15. The Labute approximate surface area is 145 Å². The molecule has 1 aliphatic carbocycles. The Morgan fingerprint density at radius 3 is 2.35 bits per heavy atom. The van der Waals surface area contributed by atoms with Crippen molar-refractivity contribution in [3.63, 3.8) is 0 Å². The minimum atomic E-state index is -0.326. The molecule has 0 amide bonds. The second-order valence-electron chi connectivity index (χ2n) is 5.97. The monoisotopic (exact) mass is 382 g/mol. The average molecular weight is 383 g/mol. The van der Waals surface area contributed by atoms with Crippen molar-refractivity contribution in [3.8, 4) is 5.75 Å². The van der Waals surface area contributed by atoms with Gasteiger partial charge >= 0.3 is 11.9 Å². The van der Waals surface area contributed by atoms with Crippen molar-refractivity contribution in [3.05, 3.63) is 28.7 Å². The van der Waals surface area contributed by atoms with Crippen molar-refractivity contribution in [1.29, 1.82) is 0 Å². The third-order valence-electron chi connectivity index (χ3n) is 4.01. The molecule has 23 heavy (non-hydrogen) atoms. The van der Waals surface area contributed by atoms with Gasteiger partial charge in [0.15, 0.2) is 0 Å². The SMILES string of the molecule is O=C(CCCC(=O)Oc1ccc(Br)cc1)OCC1CCCCC1. The van der Waals surface area contributed by atoms with Gasteiger partial charge in [0, 0.05) is 17.3 Å². The molecule has 1 aromatic rings. The molecule has 1 aromatic carbocycles. The van der Waals surface area contributed by atoms with Gasteiger partial charge in [-0.15, -0.1) is 0 Å². The third kappa shape index (κ3) is 7.16. The van der Waals surface area contributed by atoms with Gasteiger partial charge in [0.1, 0.15) is 5.75 Å². The number of rotatable bonds is 7. The van der Waals surface area contributed by atoms with Gasteiger partial charge < -0.3 is 9.47 Å². The molecule has 126 valence electrons. The molecule has 2 rings (SSSR count). The molecule has 0 radical (unpaired) electrons. The summed E-state index contributed by atoms with van der Waals surface area (Å²) in [7, 11) is 0. The Kier molecular flexibility index (Phi) is 7.59. The zero-order valence-corrected chi connectivity index (χ0v) is 14.8. The Hall–Kier alpha value is -1.36. The number of carbonyl (C=O) groups excluding carboxylic acids is 2. The molecule has 1 aliphatic rings. The van der Waals surface area contributed by atoms with Gasteiger partial charge in [-0.3, -0.25) is 9.59 Å². The van der Waals surface area contributed by atoms with E-state index in [0.717, 1.165) is 17.3 Å². The number of hydrogen-bond donors (Lipinski definition) is 0. The minimum absolute atomic E-state index is 0.216. The van der Waals surface area contributed by atoms with Crippen LogP contribution in [0.25, 0.3) is 0 Å². The molecule has 0 aliphatic heterocycles. The highest BCUT2D eigenvalue weighted by molar-refractivity contribution is 9.10. The van der Waals surface area contributed by atoms with Crippen molar-refractivity contribution in [1.82, 2.24) is 0 Å². The largest absolute Gasteiger partial charge is 0.465 e. The van der Waals surface area contributed by atoms with Gasteiger partial charge in [0.2, 0.25) is 0 Å². The molecule has 0 unspecified atom stereocenters. The summed E-state index contributed by atoms with van der Waals surface area (Å²) in [4.78, 5) is 23.4. The van der Waals surface area contributed by atoms with E-state index in [1.54, 1.807) is 12.1 Å². The fourth-order valence-corrected chi connectivity index (χ4v) is 2.96. The smallest absolute Gasteiger partial charge is 0.311 e. The van der Waals surface area contributed by atoms with Crippen molar-refractivity contribution in [2.45, 2.75) is 51.4 Å². The van der Waals surface area contributed by atoms with E-state index in [9.17, 15) is 9.59 Å². The van der Waals surface area contributed by atoms with Crippen LogP contribution in [0.5, 0.6) is 5.75 Å². The highest BCUT2D eigenvalue weighted by atomic mass is 79.9. The predicted octanol–water partition coefficient (Wildman–Crippen LogP) is 4.65. The van der Waals surface area contributed by atoms with Crippen LogP contribution in [0.4, 0.5) is 0 Å². The zero-order chi connectivity index (χ0) is 16.5. The van der Waals surface area contributed by atoms with Crippen molar-refractivity contribution in [2.75, 3.05) is 6.61 Å². The minimum Gasteiger partial charge on any atom is -0.465 e. The lowest BCUT2D eigenvalue weighted by atomic mass is 9.90. The molecule has 0 spiro atoms. The van der Waals surface area contributed by atoms with Gasteiger partial charge in [-0.2, -0.15) is 0 Å². The van der Waals surface area contributed by atoms with E-state index in [2.05, 4.69) is 15.9 Å². The van der Waals surface area contributed by atoms with Gasteiger partial charge in [-0.25, -0.2) is 0 Å². The van der Waals surface area contributed by atoms with Crippen LogP contribution < -0.4 is 4.74 Å². The Morgan fingerprint density at radius 1 is 1.00 bits per heavy atom. The van der Waals surface area contributed by atoms with Crippen LogP contribution in [0.15, 0.2) is 28.7 Å². The second kappa shape index (κ2) is 9.71. The number of halogens is 1. The van der Waals surface area contributed by atoms with E-state index >= 15 is 0 Å². The summed E-state index contributed by atoms with van der Waals surface area (Å²) in [5.74, 6) is 0.493. The van der Waals surface area contributed by atoms with Gasteiger partial charge in [-0.1, -0.05) is 35.2 Å². The van der Waals surface area contributed by atoms with E-state index < -0.39 is 0 Å². The Bertz CT molecular complexity index is 506. The lowest BCUT2D eigenvalue weighted by Gasteiger charge is -2.20. The first-order chi connectivity index (χ1) is 11.1. The van der Waals surface area contributed by atoms with Crippen molar-refractivity contribution >= 4 is 27.9 Å². The molecule has 0 atom stereocenters. The average Bonchev–Trinajstić information content (AvgIpc) is 2.56. The first kappa shape index (κ1) is 18.0. The summed E-state index contributed by atoms with van der Waals surface area (Å²) in [6.45, 7) is 0.530. The highest BCUT2D eigenvalue weighted by Crippen LogP contribution is 2.23. The summed E-state index contributed by atoms with van der Waals surface area (Å²) in [5, 5.41) is 0. The fraction of sp³-hybridized carbons (Fsp3) is 0.556. The molecule has 4 nitrogen and oxygen atoms in total. The maximum atomic E-state index is 11.7. The number of carbonyl (C=O) groups is 2. The van der Waals surface area contributed by atoms with Crippen LogP contribution in [-0.4, -0.2) is 18.5 Å². The first-order valence-corrected chi connectivity index (χ1v) is 9.04.